The zero-order valence-electron chi connectivity index (χ0n) is 14.9. The van der Waals surface area contributed by atoms with Crippen molar-refractivity contribution in [3.8, 4) is 0 Å². The van der Waals surface area contributed by atoms with Gasteiger partial charge >= 0.3 is 0 Å². The summed E-state index contributed by atoms with van der Waals surface area (Å²) in [5.41, 5.74) is 2.42. The molecule has 0 radical (unpaired) electrons. The fourth-order valence-corrected chi connectivity index (χ4v) is 4.15. The van der Waals surface area contributed by atoms with Gasteiger partial charge in [-0.05, 0) is 76.1 Å². The SMILES string of the molecule is CN1CCC[C@@H](CCNC(=O)c2cc3c(n(C)c2=O)CCCC3)C1. The number of amides is 1. The highest BCUT2D eigenvalue weighted by Crippen LogP contribution is 2.20. The molecule has 132 valence electrons. The lowest BCUT2D eigenvalue weighted by Crippen LogP contribution is -2.37. The summed E-state index contributed by atoms with van der Waals surface area (Å²) in [5.74, 6) is 0.434. The Morgan fingerprint density at radius 3 is 2.83 bits per heavy atom. The van der Waals surface area contributed by atoms with E-state index in [1.54, 1.807) is 11.6 Å². The van der Waals surface area contributed by atoms with Crippen LogP contribution in [0.15, 0.2) is 10.9 Å². The highest BCUT2D eigenvalue weighted by atomic mass is 16.2. The molecule has 1 aliphatic heterocycles. The van der Waals surface area contributed by atoms with Gasteiger partial charge in [0.25, 0.3) is 11.5 Å². The summed E-state index contributed by atoms with van der Waals surface area (Å²) >= 11 is 0. The molecule has 1 aromatic heterocycles. The topological polar surface area (TPSA) is 54.3 Å². The van der Waals surface area contributed by atoms with Gasteiger partial charge in [-0.1, -0.05) is 0 Å². The van der Waals surface area contributed by atoms with Gasteiger partial charge in [-0.3, -0.25) is 9.59 Å². The predicted molar refractivity (Wildman–Crippen MR) is 95.5 cm³/mol. The standard InChI is InChI=1S/C19H29N3O2/c1-21-11-5-6-14(13-21)9-10-20-18(23)16-12-15-7-3-4-8-17(15)22(2)19(16)24/h12,14H,3-11,13H2,1-2H3,(H,20,23)/t14-/m0/s1. The van der Waals surface area contributed by atoms with Crippen molar-refractivity contribution < 1.29 is 4.79 Å². The molecule has 1 aliphatic carbocycles. The van der Waals surface area contributed by atoms with Crippen LogP contribution >= 0.6 is 0 Å². The largest absolute Gasteiger partial charge is 0.352 e. The maximum atomic E-state index is 12.5. The molecule has 0 spiro atoms. The van der Waals surface area contributed by atoms with Gasteiger partial charge in [-0.2, -0.15) is 0 Å². The lowest BCUT2D eigenvalue weighted by Gasteiger charge is -2.29. The van der Waals surface area contributed by atoms with Crippen LogP contribution in [0, 0.1) is 5.92 Å². The second kappa shape index (κ2) is 7.51. The van der Waals surface area contributed by atoms with E-state index in [1.165, 1.54) is 24.9 Å². The molecule has 1 N–H and O–H groups in total. The van der Waals surface area contributed by atoms with Crippen LogP contribution < -0.4 is 10.9 Å². The van der Waals surface area contributed by atoms with Crippen LogP contribution in [0.2, 0.25) is 0 Å². The Morgan fingerprint density at radius 1 is 1.25 bits per heavy atom. The minimum Gasteiger partial charge on any atom is -0.352 e. The molecular formula is C19H29N3O2. The molecule has 2 heterocycles. The Kier molecular flexibility index (Phi) is 5.39. The Hall–Kier alpha value is -1.62. The van der Waals surface area contributed by atoms with Gasteiger partial charge in [0, 0.05) is 25.8 Å². The van der Waals surface area contributed by atoms with Crippen LogP contribution in [0.3, 0.4) is 0 Å². The minimum absolute atomic E-state index is 0.162. The van der Waals surface area contributed by atoms with Crippen molar-refractivity contribution in [2.45, 2.75) is 44.9 Å². The maximum Gasteiger partial charge on any atom is 0.263 e. The molecule has 0 aromatic carbocycles. The molecule has 1 saturated heterocycles. The predicted octanol–water partition coefficient (Wildman–Crippen LogP) is 1.73. The third-order valence-corrected chi connectivity index (χ3v) is 5.54. The molecule has 24 heavy (non-hydrogen) atoms. The number of hydrogen-bond acceptors (Lipinski definition) is 3. The first kappa shape index (κ1) is 17.2. The van der Waals surface area contributed by atoms with Crippen LogP contribution in [0.1, 0.15) is 53.7 Å². The summed E-state index contributed by atoms with van der Waals surface area (Å²) < 4.78 is 1.68. The van der Waals surface area contributed by atoms with Gasteiger partial charge in [0.1, 0.15) is 5.56 Å². The number of carbonyl (C=O) groups excluding carboxylic acids is 1. The number of fused-ring (bicyclic) bond motifs is 1. The number of carbonyl (C=O) groups is 1. The van der Waals surface area contributed by atoms with Crippen molar-refractivity contribution in [3.63, 3.8) is 0 Å². The van der Waals surface area contributed by atoms with E-state index >= 15 is 0 Å². The molecule has 5 nitrogen and oxygen atoms in total. The van der Waals surface area contributed by atoms with E-state index in [9.17, 15) is 9.59 Å². The van der Waals surface area contributed by atoms with Crippen molar-refractivity contribution in [1.29, 1.82) is 0 Å². The fourth-order valence-electron chi connectivity index (χ4n) is 4.15. The second-order valence-corrected chi connectivity index (χ2v) is 7.42. The molecule has 0 bridgehead atoms. The van der Waals surface area contributed by atoms with E-state index in [-0.39, 0.29) is 11.5 Å². The number of nitrogens with one attached hydrogen (secondary N) is 1. The zero-order chi connectivity index (χ0) is 17.1. The average Bonchev–Trinajstić information content (AvgIpc) is 2.58. The van der Waals surface area contributed by atoms with E-state index in [0.29, 0.717) is 18.0 Å². The molecule has 1 amide bonds. The third-order valence-electron chi connectivity index (χ3n) is 5.54. The lowest BCUT2D eigenvalue weighted by atomic mass is 9.94. The first-order valence-electron chi connectivity index (χ1n) is 9.25. The Labute approximate surface area is 144 Å². The number of pyridine rings is 1. The van der Waals surface area contributed by atoms with E-state index in [1.807, 2.05) is 6.07 Å². The maximum absolute atomic E-state index is 12.5. The fraction of sp³-hybridized carbons (Fsp3) is 0.684. The number of likely N-dealkylation sites (tertiary alicyclic amines) is 1. The van der Waals surface area contributed by atoms with Crippen LogP contribution in [0.25, 0.3) is 0 Å². The third kappa shape index (κ3) is 3.72. The van der Waals surface area contributed by atoms with Crippen LogP contribution in [0.4, 0.5) is 0 Å². The second-order valence-electron chi connectivity index (χ2n) is 7.42. The van der Waals surface area contributed by atoms with Gasteiger partial charge in [0.15, 0.2) is 0 Å². The molecular weight excluding hydrogens is 302 g/mol. The van der Waals surface area contributed by atoms with Crippen molar-refractivity contribution in [3.05, 3.63) is 33.2 Å². The van der Waals surface area contributed by atoms with E-state index in [2.05, 4.69) is 17.3 Å². The molecule has 5 heteroatoms. The summed E-state index contributed by atoms with van der Waals surface area (Å²) in [7, 11) is 3.95. The van der Waals surface area contributed by atoms with Gasteiger partial charge in [-0.25, -0.2) is 0 Å². The molecule has 3 rings (SSSR count). The molecule has 0 unspecified atom stereocenters. The van der Waals surface area contributed by atoms with Crippen LogP contribution in [-0.2, 0) is 19.9 Å². The number of hydrogen-bond donors (Lipinski definition) is 1. The van der Waals surface area contributed by atoms with Crippen molar-refractivity contribution in [2.24, 2.45) is 13.0 Å². The minimum atomic E-state index is -0.215. The number of nitrogens with zero attached hydrogens (tertiary/aromatic N) is 2. The summed E-state index contributed by atoms with van der Waals surface area (Å²) in [6.45, 7) is 2.93. The lowest BCUT2D eigenvalue weighted by molar-refractivity contribution is 0.0946. The number of rotatable bonds is 4. The van der Waals surface area contributed by atoms with Crippen molar-refractivity contribution >= 4 is 5.91 Å². The van der Waals surface area contributed by atoms with Gasteiger partial charge < -0.3 is 14.8 Å². The number of piperidine rings is 1. The number of aromatic nitrogens is 1. The number of aryl methyl sites for hydroxylation is 1. The molecule has 0 saturated carbocycles. The monoisotopic (exact) mass is 331 g/mol. The van der Waals surface area contributed by atoms with E-state index in [0.717, 1.165) is 44.3 Å². The summed E-state index contributed by atoms with van der Waals surface area (Å²) in [6.07, 6.45) is 7.64. The van der Waals surface area contributed by atoms with E-state index in [4.69, 9.17) is 0 Å². The Morgan fingerprint density at radius 2 is 2.04 bits per heavy atom. The van der Waals surface area contributed by atoms with Crippen LogP contribution in [0.5, 0.6) is 0 Å². The van der Waals surface area contributed by atoms with Crippen LogP contribution in [-0.4, -0.2) is 42.1 Å². The van der Waals surface area contributed by atoms with Gasteiger partial charge in [0.2, 0.25) is 0 Å². The molecule has 2 aliphatic rings. The summed E-state index contributed by atoms with van der Waals surface area (Å²) in [4.78, 5) is 27.3. The highest BCUT2D eigenvalue weighted by molar-refractivity contribution is 5.94. The van der Waals surface area contributed by atoms with Gasteiger partial charge in [-0.15, -0.1) is 0 Å². The van der Waals surface area contributed by atoms with Gasteiger partial charge in [0.05, 0.1) is 0 Å². The first-order chi connectivity index (χ1) is 11.6. The van der Waals surface area contributed by atoms with Crippen molar-refractivity contribution in [1.82, 2.24) is 14.8 Å². The normalized spacial score (nSPS) is 21.3. The Bertz CT molecular complexity index is 665. The smallest absolute Gasteiger partial charge is 0.263 e. The molecule has 1 fully saturated rings. The zero-order valence-corrected chi connectivity index (χ0v) is 14.9. The first-order valence-corrected chi connectivity index (χ1v) is 9.25. The van der Waals surface area contributed by atoms with Crippen molar-refractivity contribution in [2.75, 3.05) is 26.7 Å². The Balaban J connectivity index is 1.63. The average molecular weight is 331 g/mol. The quantitative estimate of drug-likeness (QED) is 0.914. The molecule has 1 aromatic rings. The van der Waals surface area contributed by atoms with E-state index < -0.39 is 0 Å². The molecule has 1 atom stereocenters. The summed E-state index contributed by atoms with van der Waals surface area (Å²) in [5, 5.41) is 2.97. The highest BCUT2D eigenvalue weighted by Gasteiger charge is 2.20. The summed E-state index contributed by atoms with van der Waals surface area (Å²) in [6, 6.07) is 1.83.